The van der Waals surface area contributed by atoms with E-state index in [1.807, 2.05) is 49.4 Å². The third kappa shape index (κ3) is 5.20. The van der Waals surface area contributed by atoms with E-state index in [0.29, 0.717) is 29.7 Å². The van der Waals surface area contributed by atoms with Crippen molar-refractivity contribution in [1.82, 2.24) is 15.3 Å². The molecule has 0 radical (unpaired) electrons. The number of ether oxygens (including phenoxy) is 1. The van der Waals surface area contributed by atoms with Crippen molar-refractivity contribution in [3.8, 4) is 5.75 Å². The third-order valence-corrected chi connectivity index (χ3v) is 4.31. The van der Waals surface area contributed by atoms with Gasteiger partial charge in [0.05, 0.1) is 12.8 Å². The fourth-order valence-electron chi connectivity index (χ4n) is 2.69. The molecule has 3 rings (SSSR count). The Morgan fingerprint density at radius 2 is 2.04 bits per heavy atom. The van der Waals surface area contributed by atoms with Crippen LogP contribution in [0.1, 0.15) is 21.6 Å². The zero-order chi connectivity index (χ0) is 19.9. The molecule has 0 saturated heterocycles. The average molecular weight is 397 g/mol. The third-order valence-electron chi connectivity index (χ3n) is 4.08. The lowest BCUT2D eigenvalue weighted by molar-refractivity contribution is 0.0949. The molecule has 0 unspecified atom stereocenters. The maximum atomic E-state index is 12.4. The largest absolute Gasteiger partial charge is 0.495 e. The lowest BCUT2D eigenvalue weighted by Crippen LogP contribution is -2.26. The Morgan fingerprint density at radius 3 is 2.82 bits per heavy atom. The first-order valence-electron chi connectivity index (χ1n) is 8.82. The van der Waals surface area contributed by atoms with E-state index in [-0.39, 0.29) is 11.6 Å². The number of anilines is 2. The van der Waals surface area contributed by atoms with Crippen molar-refractivity contribution in [2.24, 2.45) is 0 Å². The van der Waals surface area contributed by atoms with Gasteiger partial charge in [0.1, 0.15) is 11.4 Å². The number of amides is 1. The van der Waals surface area contributed by atoms with Gasteiger partial charge in [-0.15, -0.1) is 0 Å². The van der Waals surface area contributed by atoms with Crippen LogP contribution in [-0.4, -0.2) is 29.5 Å². The lowest BCUT2D eigenvalue weighted by atomic mass is 10.1. The van der Waals surface area contributed by atoms with Crippen LogP contribution in [0.25, 0.3) is 0 Å². The number of nitrogens with one attached hydrogen (secondary N) is 2. The molecular formula is C21H21ClN4O2. The monoisotopic (exact) mass is 396 g/mol. The summed E-state index contributed by atoms with van der Waals surface area (Å²) >= 11 is 5.98. The normalized spacial score (nSPS) is 10.4. The molecule has 0 bridgehead atoms. The van der Waals surface area contributed by atoms with Crippen molar-refractivity contribution in [1.29, 1.82) is 0 Å². The van der Waals surface area contributed by atoms with Crippen LogP contribution in [0.2, 0.25) is 5.02 Å². The van der Waals surface area contributed by atoms with Gasteiger partial charge < -0.3 is 15.4 Å². The van der Waals surface area contributed by atoms with Crippen LogP contribution in [-0.2, 0) is 6.42 Å². The fourth-order valence-corrected chi connectivity index (χ4v) is 2.90. The fraction of sp³-hybridized carbons (Fsp3) is 0.190. The summed E-state index contributed by atoms with van der Waals surface area (Å²) in [5.41, 5.74) is 3.15. The van der Waals surface area contributed by atoms with Gasteiger partial charge in [0.25, 0.3) is 5.91 Å². The standard InChI is InChI=1S/C21H21ClN4O2/c1-14-6-7-19(28-2)18(12-14)26-21-24-11-9-17(25-21)20(27)23-10-8-15-4-3-5-16(22)13-15/h3-7,9,11-13H,8,10H2,1-2H3,(H,23,27)(H,24,25,26). The summed E-state index contributed by atoms with van der Waals surface area (Å²) in [5.74, 6) is 0.737. The van der Waals surface area contributed by atoms with E-state index >= 15 is 0 Å². The highest BCUT2D eigenvalue weighted by Gasteiger charge is 2.10. The first kappa shape index (κ1) is 19.6. The summed E-state index contributed by atoms with van der Waals surface area (Å²) in [4.78, 5) is 20.9. The number of halogens is 1. The highest BCUT2D eigenvalue weighted by Crippen LogP contribution is 2.27. The number of carbonyl (C=O) groups excluding carboxylic acids is 1. The van der Waals surface area contributed by atoms with E-state index in [4.69, 9.17) is 16.3 Å². The summed E-state index contributed by atoms with van der Waals surface area (Å²) < 4.78 is 5.35. The summed E-state index contributed by atoms with van der Waals surface area (Å²) in [6.45, 7) is 2.47. The molecule has 0 aliphatic carbocycles. The Kier molecular flexibility index (Phi) is 6.45. The van der Waals surface area contributed by atoms with Crippen molar-refractivity contribution in [3.05, 3.63) is 76.6 Å². The predicted molar refractivity (Wildman–Crippen MR) is 111 cm³/mol. The number of benzene rings is 2. The van der Waals surface area contributed by atoms with Gasteiger partial charge in [-0.05, 0) is 54.8 Å². The van der Waals surface area contributed by atoms with E-state index in [2.05, 4.69) is 20.6 Å². The molecule has 6 nitrogen and oxygen atoms in total. The van der Waals surface area contributed by atoms with E-state index in [1.54, 1.807) is 19.4 Å². The molecule has 1 heterocycles. The van der Waals surface area contributed by atoms with Crippen molar-refractivity contribution < 1.29 is 9.53 Å². The van der Waals surface area contributed by atoms with Gasteiger partial charge >= 0.3 is 0 Å². The van der Waals surface area contributed by atoms with Crippen molar-refractivity contribution in [3.63, 3.8) is 0 Å². The second-order valence-corrected chi connectivity index (χ2v) is 6.67. The summed E-state index contributed by atoms with van der Waals surface area (Å²) in [6.07, 6.45) is 2.23. The van der Waals surface area contributed by atoms with E-state index in [0.717, 1.165) is 16.8 Å². The number of aromatic nitrogens is 2. The van der Waals surface area contributed by atoms with Gasteiger partial charge in [-0.1, -0.05) is 29.8 Å². The van der Waals surface area contributed by atoms with Crippen LogP contribution in [0, 0.1) is 6.92 Å². The molecule has 0 aliphatic rings. The average Bonchev–Trinajstić information content (AvgIpc) is 2.68. The highest BCUT2D eigenvalue weighted by molar-refractivity contribution is 6.30. The predicted octanol–water partition coefficient (Wildman–Crippen LogP) is 4.16. The molecule has 3 aromatic rings. The maximum absolute atomic E-state index is 12.4. The van der Waals surface area contributed by atoms with Gasteiger partial charge in [-0.2, -0.15) is 0 Å². The van der Waals surface area contributed by atoms with Gasteiger partial charge in [-0.25, -0.2) is 9.97 Å². The molecule has 7 heteroatoms. The minimum absolute atomic E-state index is 0.260. The molecule has 0 aliphatic heterocycles. The van der Waals surface area contributed by atoms with Crippen LogP contribution in [0.4, 0.5) is 11.6 Å². The second kappa shape index (κ2) is 9.19. The smallest absolute Gasteiger partial charge is 0.270 e. The van der Waals surface area contributed by atoms with Crippen LogP contribution in [0.15, 0.2) is 54.7 Å². The number of aryl methyl sites for hydroxylation is 1. The van der Waals surface area contributed by atoms with Gasteiger partial charge in [0.15, 0.2) is 0 Å². The number of rotatable bonds is 7. The molecule has 0 atom stereocenters. The van der Waals surface area contributed by atoms with E-state index < -0.39 is 0 Å². The van der Waals surface area contributed by atoms with E-state index in [1.165, 1.54) is 0 Å². The number of hydrogen-bond donors (Lipinski definition) is 2. The topological polar surface area (TPSA) is 76.1 Å². The summed E-state index contributed by atoms with van der Waals surface area (Å²) in [6, 6.07) is 14.9. The Balaban J connectivity index is 1.64. The van der Waals surface area contributed by atoms with Crippen molar-refractivity contribution in [2.45, 2.75) is 13.3 Å². The van der Waals surface area contributed by atoms with Gasteiger partial charge in [0.2, 0.25) is 5.95 Å². The zero-order valence-electron chi connectivity index (χ0n) is 15.7. The number of nitrogens with zero attached hydrogens (tertiary/aromatic N) is 2. The lowest BCUT2D eigenvalue weighted by Gasteiger charge is -2.11. The number of methoxy groups -OCH3 is 1. The van der Waals surface area contributed by atoms with Crippen LogP contribution in [0.5, 0.6) is 5.75 Å². The molecule has 0 spiro atoms. The quantitative estimate of drug-likeness (QED) is 0.627. The van der Waals surface area contributed by atoms with E-state index in [9.17, 15) is 4.79 Å². The van der Waals surface area contributed by atoms with Gasteiger partial charge in [-0.3, -0.25) is 4.79 Å². The first-order chi connectivity index (χ1) is 13.5. The molecule has 28 heavy (non-hydrogen) atoms. The molecule has 2 aromatic carbocycles. The molecular weight excluding hydrogens is 376 g/mol. The summed E-state index contributed by atoms with van der Waals surface area (Å²) in [5, 5.41) is 6.65. The minimum atomic E-state index is -0.260. The zero-order valence-corrected chi connectivity index (χ0v) is 16.5. The molecule has 0 saturated carbocycles. The van der Waals surface area contributed by atoms with Crippen LogP contribution < -0.4 is 15.4 Å². The van der Waals surface area contributed by atoms with Crippen LogP contribution in [0.3, 0.4) is 0 Å². The maximum Gasteiger partial charge on any atom is 0.270 e. The number of hydrogen-bond acceptors (Lipinski definition) is 5. The molecule has 144 valence electrons. The second-order valence-electron chi connectivity index (χ2n) is 6.23. The first-order valence-corrected chi connectivity index (χ1v) is 9.20. The Hall–Kier alpha value is -3.12. The Bertz CT molecular complexity index is 978. The minimum Gasteiger partial charge on any atom is -0.495 e. The van der Waals surface area contributed by atoms with Crippen LogP contribution >= 0.6 is 11.6 Å². The molecule has 1 amide bonds. The van der Waals surface area contributed by atoms with Crippen molar-refractivity contribution in [2.75, 3.05) is 19.0 Å². The molecule has 0 fully saturated rings. The Labute approximate surface area is 168 Å². The summed E-state index contributed by atoms with van der Waals surface area (Å²) in [7, 11) is 1.60. The highest BCUT2D eigenvalue weighted by atomic mass is 35.5. The van der Waals surface area contributed by atoms with Gasteiger partial charge in [0, 0.05) is 17.8 Å². The molecule has 1 aromatic heterocycles. The van der Waals surface area contributed by atoms with Crippen molar-refractivity contribution >= 4 is 29.1 Å². The molecule has 2 N–H and O–H groups in total. The number of carbonyl (C=O) groups is 1. The Morgan fingerprint density at radius 1 is 1.18 bits per heavy atom. The SMILES string of the molecule is COc1ccc(C)cc1Nc1nccc(C(=O)NCCc2cccc(Cl)c2)n1.